The highest BCUT2D eigenvalue weighted by Crippen LogP contribution is 2.00. The number of carboxylic acid groups (broad SMARTS) is 2. The number of hydrogen-bond donors (Lipinski definition) is 3. The fourth-order valence-corrected chi connectivity index (χ4v) is 0.311. The molecule has 0 saturated heterocycles. The van der Waals surface area contributed by atoms with E-state index in [2.05, 4.69) is 6.58 Å². The third-order valence-electron chi connectivity index (χ3n) is 0.851. The molecule has 0 aliphatic heterocycles. The first-order valence-corrected chi connectivity index (χ1v) is 2.58. The van der Waals surface area contributed by atoms with Gasteiger partial charge in [0, 0.05) is 13.3 Å². The second-order valence-electron chi connectivity index (χ2n) is 1.74. The summed E-state index contributed by atoms with van der Waals surface area (Å²) in [6, 6.07) is -2.69. The van der Waals surface area contributed by atoms with E-state index >= 15 is 0 Å². The summed E-state index contributed by atoms with van der Waals surface area (Å²) in [7, 11) is 0. The summed E-state index contributed by atoms with van der Waals surface area (Å²) in [6.45, 7) is 2.95. The summed E-state index contributed by atoms with van der Waals surface area (Å²) in [5, 5.41) is 16.7. The van der Waals surface area contributed by atoms with E-state index in [9.17, 15) is 9.59 Å². The molecule has 0 unspecified atom stereocenters. The van der Waals surface area contributed by atoms with Crippen molar-refractivity contribution in [3.63, 3.8) is 0 Å². The van der Waals surface area contributed by atoms with E-state index < -0.39 is 29.9 Å². The van der Waals surface area contributed by atoms with Crippen LogP contribution in [-0.2, 0) is 9.59 Å². The molecule has 0 aromatic carbocycles. The monoisotopic (exact) mass is 161 g/mol. The molecule has 0 heterocycles. The molecule has 0 radical (unpaired) electrons. The van der Waals surface area contributed by atoms with Crippen LogP contribution in [0.5, 0.6) is 0 Å². The van der Waals surface area contributed by atoms with Crippen LogP contribution < -0.4 is 5.73 Å². The minimum atomic E-state index is -2.69. The van der Waals surface area contributed by atoms with Crippen molar-refractivity contribution in [2.24, 2.45) is 5.73 Å². The number of carboxylic acids is 2. The maximum Gasteiger partial charge on any atom is 0.331 e. The Balaban J connectivity index is 4.79. The molecule has 0 aliphatic carbocycles. The molecule has 5 nitrogen and oxygen atoms in total. The maximum absolute atomic E-state index is 10.3. The molecule has 0 fully saturated rings. The lowest BCUT2D eigenvalue weighted by molar-refractivity contribution is -0.138. The summed E-state index contributed by atoms with van der Waals surface area (Å²) in [5.41, 5.74) is 4.17. The number of rotatable bonds is 4. The van der Waals surface area contributed by atoms with Gasteiger partial charge in [0.2, 0.25) is 0 Å². The zero-order valence-corrected chi connectivity index (χ0v) is 5.57. The Labute approximate surface area is 65.9 Å². The van der Waals surface area contributed by atoms with Gasteiger partial charge in [0.1, 0.15) is 6.02 Å². The molecule has 5 heteroatoms. The summed E-state index contributed by atoms with van der Waals surface area (Å²) in [6.07, 6.45) is -1.90. The fourth-order valence-electron chi connectivity index (χ4n) is 0.311. The van der Waals surface area contributed by atoms with Crippen molar-refractivity contribution < 1.29 is 22.5 Å². The van der Waals surface area contributed by atoms with Gasteiger partial charge in [0.15, 0.2) is 0 Å². The molecule has 0 spiro atoms. The minimum absolute atomic E-state index is 0.722. The van der Waals surface area contributed by atoms with E-state index in [-0.39, 0.29) is 0 Å². The van der Waals surface area contributed by atoms with Gasteiger partial charge in [-0.2, -0.15) is 0 Å². The molecule has 0 amide bonds. The van der Waals surface area contributed by atoms with E-state index in [1.807, 2.05) is 0 Å². The van der Waals surface area contributed by atoms with Crippen LogP contribution in [0.25, 0.3) is 0 Å². The number of nitrogens with two attached hydrogens (primary N) is 1. The van der Waals surface area contributed by atoms with Gasteiger partial charge >= 0.3 is 11.9 Å². The fraction of sp³-hybridized carbons (Fsp3) is 0.333. The zero-order valence-electron chi connectivity index (χ0n) is 7.57. The lowest BCUT2D eigenvalue weighted by Crippen LogP contribution is -2.31. The van der Waals surface area contributed by atoms with Crippen LogP contribution in [0, 0.1) is 0 Å². The maximum atomic E-state index is 10.3. The van der Waals surface area contributed by atoms with Crippen LogP contribution in [0.2, 0.25) is 0 Å². The molecule has 4 N–H and O–H groups in total. The number of hydrogen-bond acceptors (Lipinski definition) is 3. The van der Waals surface area contributed by atoms with Gasteiger partial charge in [0.05, 0.1) is 1.37 Å². The third-order valence-corrected chi connectivity index (χ3v) is 0.851. The first-order valence-electron chi connectivity index (χ1n) is 3.65. The molecule has 11 heavy (non-hydrogen) atoms. The molecular formula is C6H9NO4. The van der Waals surface area contributed by atoms with Gasteiger partial charge in [-0.15, -0.1) is 0 Å². The summed E-state index contributed by atoms with van der Waals surface area (Å²) < 4.78 is 14.0. The van der Waals surface area contributed by atoms with Gasteiger partial charge in [-0.3, -0.25) is 4.79 Å². The Hall–Kier alpha value is -1.36. The summed E-state index contributed by atoms with van der Waals surface area (Å²) in [4.78, 5) is 20.6. The molecule has 0 aromatic rings. The second-order valence-corrected chi connectivity index (χ2v) is 1.74. The van der Waals surface area contributed by atoms with Crippen molar-refractivity contribution in [3.05, 3.63) is 12.2 Å². The average Bonchev–Trinajstić information content (AvgIpc) is 2.01. The Morgan fingerprint density at radius 2 is 2.18 bits per heavy atom. The minimum Gasteiger partial charge on any atom is -0.480 e. The standard InChI is InChI=1S/C6H9NO4/c1-3(5(8)9)2-4(7)6(10)11/h4H,1-2,7H2,(H,8,9)(H,10,11)/t4-/m0/s1/i2D,4D/t2-,4+/m1. The number of carbonyl (C=O) groups is 2. The van der Waals surface area contributed by atoms with E-state index in [1.54, 1.807) is 0 Å². The van der Waals surface area contributed by atoms with Crippen molar-refractivity contribution in [2.75, 3.05) is 0 Å². The lowest BCUT2D eigenvalue weighted by Gasteiger charge is -2.04. The van der Waals surface area contributed by atoms with Crippen LogP contribution in [0.1, 0.15) is 9.14 Å². The van der Waals surface area contributed by atoms with Crippen LogP contribution in [-0.4, -0.2) is 28.2 Å². The Morgan fingerprint density at radius 3 is 2.45 bits per heavy atom. The predicted molar refractivity (Wildman–Crippen MR) is 37.0 cm³/mol. The topological polar surface area (TPSA) is 101 Å². The smallest absolute Gasteiger partial charge is 0.331 e. The SMILES string of the molecule is [2H][C@H](C(=C)C(=O)O)[C@]([2H])(N)C(=O)O. The molecule has 2 atom stereocenters. The van der Waals surface area contributed by atoms with E-state index in [0.29, 0.717) is 0 Å². The van der Waals surface area contributed by atoms with Crippen LogP contribution in [0.15, 0.2) is 12.2 Å². The van der Waals surface area contributed by atoms with Gasteiger partial charge in [-0.25, -0.2) is 4.79 Å². The molecule has 0 saturated carbocycles. The molecule has 0 aliphatic rings. The quantitative estimate of drug-likeness (QED) is 0.479. The molecule has 0 bridgehead atoms. The van der Waals surface area contributed by atoms with Crippen molar-refractivity contribution in [3.8, 4) is 0 Å². The lowest BCUT2D eigenvalue weighted by atomic mass is 10.1. The largest absolute Gasteiger partial charge is 0.480 e. The normalized spacial score (nSPS) is 20.5. The number of aliphatic carboxylic acids is 2. The Morgan fingerprint density at radius 1 is 1.73 bits per heavy atom. The van der Waals surface area contributed by atoms with E-state index in [1.165, 1.54) is 0 Å². The zero-order chi connectivity index (χ0) is 10.8. The van der Waals surface area contributed by atoms with Gasteiger partial charge < -0.3 is 15.9 Å². The van der Waals surface area contributed by atoms with Gasteiger partial charge in [0.25, 0.3) is 0 Å². The van der Waals surface area contributed by atoms with E-state index in [4.69, 9.17) is 18.7 Å². The van der Waals surface area contributed by atoms with Crippen LogP contribution in [0.3, 0.4) is 0 Å². The van der Waals surface area contributed by atoms with Crippen LogP contribution in [0.4, 0.5) is 0 Å². The highest BCUT2D eigenvalue weighted by molar-refractivity contribution is 5.87. The van der Waals surface area contributed by atoms with Gasteiger partial charge in [-0.05, 0) is 0 Å². The second kappa shape index (κ2) is 3.72. The first-order chi connectivity index (χ1) is 5.71. The Bertz CT molecular complexity index is 263. The highest BCUT2D eigenvalue weighted by atomic mass is 16.4. The average molecular weight is 161 g/mol. The van der Waals surface area contributed by atoms with Crippen molar-refractivity contribution >= 4 is 11.9 Å². The predicted octanol–water partition coefficient (Wildman–Crippen LogP) is -0.571. The van der Waals surface area contributed by atoms with Crippen molar-refractivity contribution in [1.29, 1.82) is 0 Å². The van der Waals surface area contributed by atoms with Crippen LogP contribution >= 0.6 is 0 Å². The van der Waals surface area contributed by atoms with Crippen molar-refractivity contribution in [1.82, 2.24) is 0 Å². The third kappa shape index (κ3) is 3.36. The first kappa shape index (κ1) is 6.36. The summed E-state index contributed by atoms with van der Waals surface area (Å²) >= 11 is 0. The van der Waals surface area contributed by atoms with E-state index in [0.717, 1.165) is 0 Å². The molecule has 0 rings (SSSR count). The highest BCUT2D eigenvalue weighted by Gasteiger charge is 2.15. The van der Waals surface area contributed by atoms with Gasteiger partial charge in [-0.1, -0.05) is 6.58 Å². The van der Waals surface area contributed by atoms with Crippen molar-refractivity contribution in [2.45, 2.75) is 12.4 Å². The summed E-state index contributed by atoms with van der Waals surface area (Å²) in [5.74, 6) is -3.31. The molecular weight excluding hydrogens is 150 g/mol. The molecule has 62 valence electrons. The Kier molecular flexibility index (Phi) is 2.15. The molecule has 0 aromatic heterocycles.